The van der Waals surface area contributed by atoms with E-state index in [2.05, 4.69) is 5.32 Å². The lowest BCUT2D eigenvalue weighted by Gasteiger charge is -2.19. The molecule has 0 aliphatic carbocycles. The molecule has 156 valence electrons. The quantitative estimate of drug-likeness (QED) is 0.405. The van der Waals surface area contributed by atoms with Crippen LogP contribution < -0.4 is 10.2 Å². The minimum atomic E-state index is -0.409. The number of furan rings is 1. The lowest BCUT2D eigenvalue weighted by Crippen LogP contribution is -2.28. The fraction of sp³-hybridized carbons (Fsp3) is 0.111. The van der Waals surface area contributed by atoms with Gasteiger partial charge in [-0.25, -0.2) is 0 Å². The highest BCUT2D eigenvalue weighted by atomic mass is 16.3. The minimum absolute atomic E-state index is 0.0331. The van der Waals surface area contributed by atoms with Crippen molar-refractivity contribution < 1.29 is 14.0 Å². The zero-order chi connectivity index (χ0) is 21.7. The average Bonchev–Trinajstić information content (AvgIpc) is 3.38. The number of hydrogen-bond donors (Lipinski definition) is 1. The van der Waals surface area contributed by atoms with Crippen molar-refractivity contribution in [1.29, 1.82) is 0 Å². The van der Waals surface area contributed by atoms with Crippen molar-refractivity contribution in [3.05, 3.63) is 84.9 Å². The summed E-state index contributed by atoms with van der Waals surface area (Å²) in [6.45, 7) is 0.367. The SMILES string of the molecule is O=C(Nc1ccc2c(c1)oc1ccccc12)[C@H]1CC(=O)N(c2cccc3ccccc23)C1. The highest BCUT2D eigenvalue weighted by Crippen LogP contribution is 2.33. The van der Waals surface area contributed by atoms with Crippen molar-refractivity contribution in [3.8, 4) is 0 Å². The summed E-state index contributed by atoms with van der Waals surface area (Å²) in [6.07, 6.45) is 0.196. The van der Waals surface area contributed by atoms with Crippen LogP contribution in [0.25, 0.3) is 32.7 Å². The van der Waals surface area contributed by atoms with Crippen LogP contribution in [-0.4, -0.2) is 18.4 Å². The van der Waals surface area contributed by atoms with Gasteiger partial charge in [0.15, 0.2) is 0 Å². The van der Waals surface area contributed by atoms with Crippen LogP contribution in [0, 0.1) is 5.92 Å². The molecule has 0 unspecified atom stereocenters. The molecule has 6 rings (SSSR count). The summed E-state index contributed by atoms with van der Waals surface area (Å²) in [5.41, 5.74) is 3.06. The molecule has 1 aliphatic rings. The zero-order valence-electron chi connectivity index (χ0n) is 17.2. The Bertz CT molecular complexity index is 1510. The highest BCUT2D eigenvalue weighted by Gasteiger charge is 2.35. The Kier molecular flexibility index (Phi) is 4.21. The molecule has 5 aromatic rings. The molecule has 1 saturated heterocycles. The van der Waals surface area contributed by atoms with Gasteiger partial charge in [-0.3, -0.25) is 9.59 Å². The van der Waals surface area contributed by atoms with Gasteiger partial charge < -0.3 is 14.6 Å². The number of carbonyl (C=O) groups is 2. The second kappa shape index (κ2) is 7.24. The standard InChI is InChI=1S/C27H20N2O3/c30-26-14-18(16-29(26)23-10-5-7-17-6-1-2-8-20(17)23)27(31)28-19-12-13-22-21-9-3-4-11-24(21)32-25(22)15-19/h1-13,15,18H,14,16H2,(H,28,31)/t18-/m0/s1. The molecule has 0 bridgehead atoms. The van der Waals surface area contributed by atoms with Gasteiger partial charge in [0.05, 0.1) is 11.6 Å². The number of fused-ring (bicyclic) bond motifs is 4. The first-order valence-electron chi connectivity index (χ1n) is 10.7. The first kappa shape index (κ1) is 18.6. The maximum absolute atomic E-state index is 13.0. The molecule has 1 aromatic heterocycles. The number of anilines is 2. The molecule has 1 atom stereocenters. The fourth-order valence-electron chi connectivity index (χ4n) is 4.61. The topological polar surface area (TPSA) is 62.6 Å². The smallest absolute Gasteiger partial charge is 0.229 e. The molecule has 1 N–H and O–H groups in total. The van der Waals surface area contributed by atoms with Crippen LogP contribution in [0.4, 0.5) is 11.4 Å². The third kappa shape index (κ3) is 3.02. The summed E-state index contributed by atoms with van der Waals surface area (Å²) in [4.78, 5) is 27.5. The Morgan fingerprint density at radius 2 is 1.59 bits per heavy atom. The van der Waals surface area contributed by atoms with Crippen LogP contribution in [0.2, 0.25) is 0 Å². The number of nitrogens with zero attached hydrogens (tertiary/aromatic N) is 1. The monoisotopic (exact) mass is 420 g/mol. The first-order chi connectivity index (χ1) is 15.7. The Balaban J connectivity index is 1.24. The number of nitrogens with one attached hydrogen (secondary N) is 1. The Morgan fingerprint density at radius 1 is 0.844 bits per heavy atom. The molecule has 1 aliphatic heterocycles. The van der Waals surface area contributed by atoms with E-state index in [-0.39, 0.29) is 18.2 Å². The second-order valence-electron chi connectivity index (χ2n) is 8.20. The van der Waals surface area contributed by atoms with Crippen LogP contribution in [0.1, 0.15) is 6.42 Å². The molecule has 2 heterocycles. The van der Waals surface area contributed by atoms with Crippen LogP contribution >= 0.6 is 0 Å². The van der Waals surface area contributed by atoms with E-state index in [1.54, 1.807) is 4.90 Å². The van der Waals surface area contributed by atoms with Gasteiger partial charge in [-0.2, -0.15) is 0 Å². The van der Waals surface area contributed by atoms with E-state index >= 15 is 0 Å². The maximum atomic E-state index is 13.0. The number of amides is 2. The predicted octanol–water partition coefficient (Wildman–Crippen LogP) is 5.73. The van der Waals surface area contributed by atoms with E-state index in [4.69, 9.17) is 4.42 Å². The van der Waals surface area contributed by atoms with Gasteiger partial charge in [0.25, 0.3) is 0 Å². The number of hydrogen-bond acceptors (Lipinski definition) is 3. The summed E-state index contributed by atoms with van der Waals surface area (Å²) >= 11 is 0. The average molecular weight is 420 g/mol. The summed E-state index contributed by atoms with van der Waals surface area (Å²) in [7, 11) is 0. The highest BCUT2D eigenvalue weighted by molar-refractivity contribution is 6.09. The van der Waals surface area contributed by atoms with Crippen LogP contribution in [0.3, 0.4) is 0 Å². The van der Waals surface area contributed by atoms with Gasteiger partial charge in [0.2, 0.25) is 11.8 Å². The third-order valence-electron chi connectivity index (χ3n) is 6.20. The van der Waals surface area contributed by atoms with Gasteiger partial charge in [-0.05, 0) is 29.7 Å². The van der Waals surface area contributed by atoms with E-state index in [1.165, 1.54) is 0 Å². The van der Waals surface area contributed by atoms with E-state index in [0.717, 1.165) is 38.4 Å². The molecule has 1 fully saturated rings. The molecule has 0 saturated carbocycles. The van der Waals surface area contributed by atoms with Gasteiger partial charge in [0.1, 0.15) is 11.2 Å². The number of rotatable bonds is 3. The molecule has 0 spiro atoms. The normalized spacial score (nSPS) is 16.3. The number of para-hydroxylation sites is 1. The van der Waals surface area contributed by atoms with E-state index in [9.17, 15) is 9.59 Å². The van der Waals surface area contributed by atoms with Gasteiger partial charge in [0, 0.05) is 40.9 Å². The predicted molar refractivity (Wildman–Crippen MR) is 127 cm³/mol. The Hall–Kier alpha value is -4.12. The summed E-state index contributed by atoms with van der Waals surface area (Å²) in [5.74, 6) is -0.598. The molecular weight excluding hydrogens is 400 g/mol. The molecule has 0 radical (unpaired) electrons. The molecule has 5 nitrogen and oxygen atoms in total. The molecule has 4 aromatic carbocycles. The number of benzene rings is 4. The van der Waals surface area contributed by atoms with Crippen LogP contribution in [0.5, 0.6) is 0 Å². The lowest BCUT2D eigenvalue weighted by molar-refractivity contribution is -0.122. The zero-order valence-corrected chi connectivity index (χ0v) is 17.2. The van der Waals surface area contributed by atoms with Crippen molar-refractivity contribution in [3.63, 3.8) is 0 Å². The van der Waals surface area contributed by atoms with Crippen molar-refractivity contribution >= 4 is 55.9 Å². The molecule has 5 heteroatoms. The van der Waals surface area contributed by atoms with Crippen molar-refractivity contribution in [2.45, 2.75) is 6.42 Å². The second-order valence-corrected chi connectivity index (χ2v) is 8.20. The maximum Gasteiger partial charge on any atom is 0.229 e. The van der Waals surface area contributed by atoms with Gasteiger partial charge in [-0.1, -0.05) is 54.6 Å². The Labute approximate surface area is 184 Å². The van der Waals surface area contributed by atoms with Crippen molar-refractivity contribution in [1.82, 2.24) is 0 Å². The van der Waals surface area contributed by atoms with Crippen molar-refractivity contribution in [2.75, 3.05) is 16.8 Å². The largest absolute Gasteiger partial charge is 0.456 e. The molecule has 2 amide bonds. The Morgan fingerprint density at radius 3 is 2.50 bits per heavy atom. The van der Waals surface area contributed by atoms with E-state index < -0.39 is 5.92 Å². The van der Waals surface area contributed by atoms with E-state index in [0.29, 0.717) is 12.2 Å². The molecule has 32 heavy (non-hydrogen) atoms. The summed E-state index contributed by atoms with van der Waals surface area (Å²) < 4.78 is 5.92. The van der Waals surface area contributed by atoms with E-state index in [1.807, 2.05) is 84.9 Å². The van der Waals surface area contributed by atoms with Crippen LogP contribution in [-0.2, 0) is 9.59 Å². The third-order valence-corrected chi connectivity index (χ3v) is 6.20. The van der Waals surface area contributed by atoms with Gasteiger partial charge in [-0.15, -0.1) is 0 Å². The fourth-order valence-corrected chi connectivity index (χ4v) is 4.61. The molecular formula is C27H20N2O3. The van der Waals surface area contributed by atoms with Crippen molar-refractivity contribution in [2.24, 2.45) is 5.92 Å². The number of carbonyl (C=O) groups excluding carboxylic acids is 2. The summed E-state index contributed by atoms with van der Waals surface area (Å²) in [5, 5.41) is 7.12. The minimum Gasteiger partial charge on any atom is -0.456 e. The van der Waals surface area contributed by atoms with Gasteiger partial charge >= 0.3 is 0 Å². The first-order valence-corrected chi connectivity index (χ1v) is 10.7. The van der Waals surface area contributed by atoms with Crippen LogP contribution in [0.15, 0.2) is 89.3 Å². The lowest BCUT2D eigenvalue weighted by atomic mass is 10.1. The summed E-state index contributed by atoms with van der Waals surface area (Å²) in [6, 6.07) is 27.4.